The van der Waals surface area contributed by atoms with Crippen molar-refractivity contribution in [2.75, 3.05) is 5.73 Å². The van der Waals surface area contributed by atoms with Crippen LogP contribution in [-0.2, 0) is 15.1 Å². The molecule has 0 saturated heterocycles. The van der Waals surface area contributed by atoms with Crippen LogP contribution >= 0.6 is 11.3 Å². The average molecular weight is 598 g/mol. The van der Waals surface area contributed by atoms with Gasteiger partial charge in [0.05, 0.1) is 33.7 Å². The average Bonchev–Trinajstić information content (AvgIpc) is 3.62. The van der Waals surface area contributed by atoms with Gasteiger partial charge in [-0.1, -0.05) is 12.6 Å². The van der Waals surface area contributed by atoms with E-state index in [4.69, 9.17) is 21.9 Å². The number of aryl methyl sites for hydroxylation is 1. The molecule has 1 fully saturated rings. The summed E-state index contributed by atoms with van der Waals surface area (Å²) in [5, 5.41) is 6.51. The fourth-order valence-corrected chi connectivity index (χ4v) is 7.12. The molecule has 0 radical (unpaired) electrons. The summed E-state index contributed by atoms with van der Waals surface area (Å²) in [5.41, 5.74) is 20.6. The highest BCUT2D eigenvalue weighted by molar-refractivity contribution is 7.21. The lowest BCUT2D eigenvalue weighted by atomic mass is 9.72. The van der Waals surface area contributed by atoms with Crippen LogP contribution in [0.3, 0.4) is 0 Å². The number of benzene rings is 1. The third kappa shape index (κ3) is 4.83. The van der Waals surface area contributed by atoms with Crippen molar-refractivity contribution < 1.29 is 19.1 Å². The molecule has 11 nitrogen and oxygen atoms in total. The molecule has 43 heavy (non-hydrogen) atoms. The Balaban J connectivity index is 1.36. The van der Waals surface area contributed by atoms with Crippen LogP contribution in [0.5, 0.6) is 11.5 Å². The van der Waals surface area contributed by atoms with Crippen LogP contribution in [0.15, 0.2) is 61.4 Å². The molecule has 1 saturated carbocycles. The van der Waals surface area contributed by atoms with E-state index < -0.39 is 17.4 Å². The van der Waals surface area contributed by atoms with Crippen LogP contribution in [-0.4, -0.2) is 39.6 Å². The number of carbonyl (C=O) groups excluding carboxylic acids is 3. The summed E-state index contributed by atoms with van der Waals surface area (Å²) >= 11 is 1.17. The molecule has 1 aromatic carbocycles. The summed E-state index contributed by atoms with van der Waals surface area (Å²) in [7, 11) is 0. The number of nitrogen functional groups attached to an aromatic ring is 1. The first-order valence-electron chi connectivity index (χ1n) is 13.9. The molecule has 3 heterocycles. The Labute approximate surface area is 251 Å². The molecular weight excluding hydrogens is 566 g/mol. The van der Waals surface area contributed by atoms with E-state index in [9.17, 15) is 14.4 Å². The van der Waals surface area contributed by atoms with Gasteiger partial charge in [0.1, 0.15) is 17.0 Å². The molecule has 0 aliphatic heterocycles. The molecule has 8 N–H and O–H groups in total. The molecule has 2 aliphatic rings. The van der Waals surface area contributed by atoms with E-state index in [2.05, 4.69) is 27.2 Å². The first kappa shape index (κ1) is 28.5. The third-order valence-corrected chi connectivity index (χ3v) is 9.38. The number of nitrogens with two attached hydrogens (primary N) is 3. The minimum absolute atomic E-state index is 0.229. The van der Waals surface area contributed by atoms with Crippen LogP contribution in [0, 0.1) is 6.92 Å². The predicted octanol–water partition coefficient (Wildman–Crippen LogP) is 3.11. The molecule has 12 heteroatoms. The Kier molecular flexibility index (Phi) is 7.20. The zero-order chi connectivity index (χ0) is 30.5. The van der Waals surface area contributed by atoms with E-state index >= 15 is 0 Å². The molecule has 2 aliphatic carbocycles. The molecule has 4 aromatic rings. The number of hydrogen-bond acceptors (Lipinski definition) is 10. The Morgan fingerprint density at radius 2 is 1.77 bits per heavy atom. The van der Waals surface area contributed by atoms with Gasteiger partial charge < -0.3 is 32.6 Å². The smallest absolute Gasteiger partial charge is 0.262 e. The number of Topliss-reactive ketones (excluding diaryl/α,β-unsaturated/α-hetero) is 1. The number of pyridine rings is 2. The highest BCUT2D eigenvalue weighted by Crippen LogP contribution is 2.49. The molecule has 0 spiro atoms. The second kappa shape index (κ2) is 10.9. The minimum Gasteiger partial charge on any atom is -0.454 e. The number of rotatable bonds is 7. The van der Waals surface area contributed by atoms with Gasteiger partial charge in [-0.05, 0) is 68.2 Å². The summed E-state index contributed by atoms with van der Waals surface area (Å²) < 4.78 is 6.46. The lowest BCUT2D eigenvalue weighted by Gasteiger charge is -2.35. The second-order valence-corrected chi connectivity index (χ2v) is 11.9. The third-order valence-electron chi connectivity index (χ3n) is 8.13. The van der Waals surface area contributed by atoms with E-state index in [0.29, 0.717) is 49.7 Å². The lowest BCUT2D eigenvalue weighted by molar-refractivity contribution is -0.124. The number of amides is 2. The fourth-order valence-electron chi connectivity index (χ4n) is 5.92. The van der Waals surface area contributed by atoms with E-state index in [1.54, 1.807) is 36.5 Å². The molecule has 220 valence electrons. The van der Waals surface area contributed by atoms with Gasteiger partial charge in [0.15, 0.2) is 5.78 Å². The van der Waals surface area contributed by atoms with Crippen molar-refractivity contribution in [1.82, 2.24) is 20.6 Å². The van der Waals surface area contributed by atoms with Crippen LogP contribution in [0.25, 0.3) is 10.1 Å². The number of ether oxygens (including phenoxy) is 1. The summed E-state index contributed by atoms with van der Waals surface area (Å²) in [6.45, 7) is 5.38. The van der Waals surface area contributed by atoms with Gasteiger partial charge in [0.2, 0.25) is 5.91 Å². The van der Waals surface area contributed by atoms with Crippen LogP contribution in [0.2, 0.25) is 0 Å². The molecule has 6 rings (SSSR count). The molecule has 0 bridgehead atoms. The topological polar surface area (TPSA) is 188 Å². The number of nitrogens with zero attached hydrogens (tertiary/aromatic N) is 2. The second-order valence-electron chi connectivity index (χ2n) is 10.8. The monoisotopic (exact) mass is 597 g/mol. The molecule has 2 unspecified atom stereocenters. The molecule has 4 atom stereocenters. The predicted molar refractivity (Wildman–Crippen MR) is 164 cm³/mol. The molecule has 2 amide bonds. The van der Waals surface area contributed by atoms with Gasteiger partial charge >= 0.3 is 0 Å². The maximum Gasteiger partial charge on any atom is 0.262 e. The van der Waals surface area contributed by atoms with Crippen molar-refractivity contribution in [3.63, 3.8) is 0 Å². The maximum atomic E-state index is 14.0. The van der Waals surface area contributed by atoms with Crippen molar-refractivity contribution in [2.45, 2.75) is 49.9 Å². The quantitative estimate of drug-likeness (QED) is 0.157. The van der Waals surface area contributed by atoms with Gasteiger partial charge in [0, 0.05) is 34.4 Å². The highest BCUT2D eigenvalue weighted by Gasteiger charge is 2.50. The standard InChI is InChI=1S/C31H31N7O4S/c1-3-23(39)37-20-5-4-6-21(20)38-30(41)28-25-24-18(10-11-19(32)27(24)43-28)31(34,29(40)26(25)33)22-12-9-17(14-36-22)42-16-8-7-15(2)35-13-16/h3,7-14,20-21,26H,1,4-6,32-34H2,2H3,(H,37,39)(H,38,41)/t20-,21+,26?,31?/m0/s1. The van der Waals surface area contributed by atoms with Gasteiger partial charge in [-0.2, -0.15) is 0 Å². The van der Waals surface area contributed by atoms with Crippen molar-refractivity contribution in [2.24, 2.45) is 11.5 Å². The SMILES string of the molecule is C=CC(=O)N[C@H]1CCC[C@H]1NC(=O)c1sc2c(N)ccc3c2c1C(N)C(=O)C3(N)c1ccc(Oc2ccc(C)nc2)cn1. The zero-order valence-electron chi connectivity index (χ0n) is 23.4. The Hall–Kier alpha value is -4.65. The normalized spacial score (nSPS) is 22.8. The van der Waals surface area contributed by atoms with Crippen molar-refractivity contribution in [3.05, 3.63) is 88.8 Å². The molecular formula is C31H31N7O4S. The number of anilines is 1. The van der Waals surface area contributed by atoms with E-state index in [0.717, 1.165) is 18.5 Å². The number of carbonyl (C=O) groups is 3. The summed E-state index contributed by atoms with van der Waals surface area (Å²) in [6, 6.07) is 8.59. The van der Waals surface area contributed by atoms with Gasteiger partial charge in [-0.15, -0.1) is 11.3 Å². The Bertz CT molecular complexity index is 1770. The number of aromatic nitrogens is 2. The summed E-state index contributed by atoms with van der Waals surface area (Å²) in [5.74, 6) is -0.200. The first-order chi connectivity index (χ1) is 20.6. The van der Waals surface area contributed by atoms with Gasteiger partial charge in [0.25, 0.3) is 5.91 Å². The van der Waals surface area contributed by atoms with Crippen molar-refractivity contribution >= 4 is 44.7 Å². The van der Waals surface area contributed by atoms with Crippen molar-refractivity contribution in [1.29, 1.82) is 0 Å². The largest absolute Gasteiger partial charge is 0.454 e. The van der Waals surface area contributed by atoms with E-state index in [1.165, 1.54) is 23.6 Å². The number of nitrogens with one attached hydrogen (secondary N) is 2. The summed E-state index contributed by atoms with van der Waals surface area (Å²) in [6.07, 6.45) is 6.58. The van der Waals surface area contributed by atoms with Gasteiger partial charge in [-0.3, -0.25) is 24.4 Å². The fraction of sp³-hybridized carbons (Fsp3) is 0.258. The highest BCUT2D eigenvalue weighted by atomic mass is 32.1. The summed E-state index contributed by atoms with van der Waals surface area (Å²) in [4.78, 5) is 48.6. The van der Waals surface area contributed by atoms with Crippen molar-refractivity contribution in [3.8, 4) is 11.5 Å². The Morgan fingerprint density at radius 3 is 2.42 bits per heavy atom. The van der Waals surface area contributed by atoms with Crippen LogP contribution < -0.4 is 32.6 Å². The van der Waals surface area contributed by atoms with Crippen LogP contribution in [0.1, 0.15) is 57.5 Å². The zero-order valence-corrected chi connectivity index (χ0v) is 24.2. The number of ketones is 1. The number of thiophene rings is 1. The van der Waals surface area contributed by atoms with E-state index in [1.807, 2.05) is 13.0 Å². The maximum absolute atomic E-state index is 14.0. The first-order valence-corrected chi connectivity index (χ1v) is 14.7. The minimum atomic E-state index is -1.69. The van der Waals surface area contributed by atoms with Crippen LogP contribution in [0.4, 0.5) is 5.69 Å². The lowest BCUT2D eigenvalue weighted by Crippen LogP contribution is -2.53. The molecule has 3 aromatic heterocycles. The van der Waals surface area contributed by atoms with Gasteiger partial charge in [-0.25, -0.2) is 0 Å². The van der Waals surface area contributed by atoms with E-state index in [-0.39, 0.29) is 29.6 Å². The number of hydrogen-bond donors (Lipinski definition) is 5. The Morgan fingerprint density at radius 1 is 1.07 bits per heavy atom.